The Labute approximate surface area is 233 Å². The maximum absolute atomic E-state index is 14.2. The van der Waals surface area contributed by atoms with Crippen molar-refractivity contribution in [2.75, 3.05) is 13.1 Å². The second kappa shape index (κ2) is 11.3. The van der Waals surface area contributed by atoms with E-state index in [-0.39, 0.29) is 36.8 Å². The first-order chi connectivity index (χ1) is 19.3. The van der Waals surface area contributed by atoms with Crippen LogP contribution in [0.3, 0.4) is 0 Å². The molecule has 3 aromatic carbocycles. The molecule has 5 rings (SSSR count). The zero-order chi connectivity index (χ0) is 28.4. The van der Waals surface area contributed by atoms with E-state index in [0.717, 1.165) is 27.8 Å². The van der Waals surface area contributed by atoms with E-state index in [9.17, 15) is 18.8 Å². The molecule has 0 aromatic heterocycles. The molecule has 3 aromatic rings. The van der Waals surface area contributed by atoms with E-state index >= 15 is 0 Å². The van der Waals surface area contributed by atoms with Gasteiger partial charge in [0.2, 0.25) is 5.91 Å². The van der Waals surface area contributed by atoms with Crippen molar-refractivity contribution in [3.8, 4) is 0 Å². The summed E-state index contributed by atoms with van der Waals surface area (Å²) in [4.78, 5) is 44.2. The van der Waals surface area contributed by atoms with Crippen LogP contribution in [0.2, 0.25) is 0 Å². The average Bonchev–Trinajstić information content (AvgIpc) is 3.28. The molecular formula is C32H33FN4O3. The van der Waals surface area contributed by atoms with Gasteiger partial charge >= 0.3 is 6.03 Å². The summed E-state index contributed by atoms with van der Waals surface area (Å²) in [6.45, 7) is 6.58. The Bertz CT molecular complexity index is 1470. The smallest absolute Gasteiger partial charge is 0.322 e. The molecule has 0 spiro atoms. The molecule has 7 nitrogen and oxygen atoms in total. The molecule has 8 heteroatoms. The van der Waals surface area contributed by atoms with Crippen LogP contribution in [0.5, 0.6) is 0 Å². The number of halogens is 1. The molecule has 0 radical (unpaired) electrons. The van der Waals surface area contributed by atoms with Crippen molar-refractivity contribution in [2.24, 2.45) is 0 Å². The van der Waals surface area contributed by atoms with Crippen LogP contribution in [-0.4, -0.2) is 46.8 Å². The number of carbonyl (C=O) groups excluding carboxylic acids is 3. The van der Waals surface area contributed by atoms with Crippen LogP contribution < -0.4 is 10.6 Å². The number of amides is 4. The van der Waals surface area contributed by atoms with Crippen LogP contribution in [0.4, 0.5) is 9.18 Å². The average molecular weight is 541 g/mol. The highest BCUT2D eigenvalue weighted by Crippen LogP contribution is 2.38. The molecule has 0 fully saturated rings. The summed E-state index contributed by atoms with van der Waals surface area (Å²) in [7, 11) is 0. The van der Waals surface area contributed by atoms with E-state index in [2.05, 4.69) is 10.6 Å². The lowest BCUT2D eigenvalue weighted by Gasteiger charge is -2.33. The molecular weight excluding hydrogens is 507 g/mol. The van der Waals surface area contributed by atoms with Crippen molar-refractivity contribution < 1.29 is 18.8 Å². The van der Waals surface area contributed by atoms with Crippen molar-refractivity contribution in [3.63, 3.8) is 0 Å². The quantitative estimate of drug-likeness (QED) is 0.440. The summed E-state index contributed by atoms with van der Waals surface area (Å²) in [5, 5.41) is 5.98. The van der Waals surface area contributed by atoms with Gasteiger partial charge in [-0.05, 0) is 55.2 Å². The van der Waals surface area contributed by atoms with E-state index in [1.165, 1.54) is 12.1 Å². The molecule has 206 valence electrons. The number of nitrogens with one attached hydrogen (secondary N) is 2. The highest BCUT2D eigenvalue weighted by atomic mass is 19.1. The Kier molecular flexibility index (Phi) is 7.69. The SMILES string of the molecule is CCN1C(=O)N[C@@H](c2ccc(C)cc2C)C2=C1CN([C@H](Cc1ccccc1)C(=O)NCc1ccc(F)cc1)C2=O. The molecule has 4 amide bonds. The van der Waals surface area contributed by atoms with Crippen LogP contribution in [-0.2, 0) is 22.6 Å². The van der Waals surface area contributed by atoms with Gasteiger partial charge < -0.3 is 15.5 Å². The number of benzene rings is 3. The lowest BCUT2D eigenvalue weighted by atomic mass is 9.91. The highest BCUT2D eigenvalue weighted by molar-refractivity contribution is 6.03. The van der Waals surface area contributed by atoms with E-state index in [4.69, 9.17) is 0 Å². The minimum Gasteiger partial charge on any atom is -0.350 e. The fraction of sp³-hybridized carbons (Fsp3) is 0.281. The molecule has 0 aliphatic carbocycles. The number of urea groups is 1. The van der Waals surface area contributed by atoms with Crippen LogP contribution in [0.25, 0.3) is 0 Å². The number of carbonyl (C=O) groups is 3. The topological polar surface area (TPSA) is 81.8 Å². The molecule has 40 heavy (non-hydrogen) atoms. The van der Waals surface area contributed by atoms with Crippen molar-refractivity contribution >= 4 is 17.8 Å². The van der Waals surface area contributed by atoms with E-state index < -0.39 is 12.1 Å². The molecule has 2 aliphatic heterocycles. The van der Waals surface area contributed by atoms with Gasteiger partial charge in [-0.2, -0.15) is 0 Å². The maximum Gasteiger partial charge on any atom is 0.322 e. The maximum atomic E-state index is 14.2. The standard InChI is InChI=1S/C32H33FN4O3/c1-4-36-27-19-37(31(39)28(27)29(35-32(36)40)25-15-10-20(2)16-21(25)3)26(17-22-8-6-5-7-9-22)30(38)34-18-23-11-13-24(33)14-12-23/h5-16,26,29H,4,17-19H2,1-3H3,(H,34,38)(H,35,40)/t26-,29+/m1/s1. The summed E-state index contributed by atoms with van der Waals surface area (Å²) in [6, 6.07) is 19.8. The Morgan fingerprint density at radius 3 is 2.42 bits per heavy atom. The fourth-order valence-electron chi connectivity index (χ4n) is 5.57. The van der Waals surface area contributed by atoms with Gasteiger partial charge in [0, 0.05) is 19.5 Å². The summed E-state index contributed by atoms with van der Waals surface area (Å²) < 4.78 is 13.4. The van der Waals surface area contributed by atoms with Crippen molar-refractivity contribution in [2.45, 2.75) is 45.8 Å². The Balaban J connectivity index is 1.48. The second-order valence-corrected chi connectivity index (χ2v) is 10.3. The van der Waals surface area contributed by atoms with Crippen LogP contribution in [0.15, 0.2) is 84.1 Å². The van der Waals surface area contributed by atoms with Gasteiger partial charge in [0.05, 0.1) is 23.9 Å². The molecule has 2 heterocycles. The van der Waals surface area contributed by atoms with Crippen LogP contribution in [0, 0.1) is 19.7 Å². The Morgan fingerprint density at radius 2 is 1.75 bits per heavy atom. The zero-order valence-corrected chi connectivity index (χ0v) is 22.9. The molecule has 2 aliphatic rings. The van der Waals surface area contributed by atoms with Crippen molar-refractivity contribution in [3.05, 3.63) is 118 Å². The number of hydrogen-bond acceptors (Lipinski definition) is 3. The molecule has 0 bridgehead atoms. The predicted molar refractivity (Wildman–Crippen MR) is 150 cm³/mol. The predicted octanol–water partition coefficient (Wildman–Crippen LogP) is 4.55. The van der Waals surface area contributed by atoms with E-state index in [1.54, 1.807) is 21.9 Å². The third-order valence-corrected chi connectivity index (χ3v) is 7.63. The monoisotopic (exact) mass is 540 g/mol. The van der Waals surface area contributed by atoms with Crippen molar-refractivity contribution in [1.29, 1.82) is 0 Å². The van der Waals surface area contributed by atoms with E-state index in [0.29, 0.717) is 24.2 Å². The van der Waals surface area contributed by atoms with Gasteiger partial charge in [-0.3, -0.25) is 14.5 Å². The first-order valence-corrected chi connectivity index (χ1v) is 13.5. The zero-order valence-electron chi connectivity index (χ0n) is 22.9. The molecule has 2 N–H and O–H groups in total. The first kappa shape index (κ1) is 27.1. The number of nitrogens with zero attached hydrogens (tertiary/aromatic N) is 2. The number of aryl methyl sites for hydroxylation is 2. The minimum absolute atomic E-state index is 0.151. The largest absolute Gasteiger partial charge is 0.350 e. The fourth-order valence-corrected chi connectivity index (χ4v) is 5.57. The lowest BCUT2D eigenvalue weighted by Crippen LogP contribution is -2.49. The number of likely N-dealkylation sites (N-methyl/N-ethyl adjacent to an activating group) is 1. The molecule has 0 saturated carbocycles. The third kappa shape index (κ3) is 5.34. The Morgan fingerprint density at radius 1 is 1.02 bits per heavy atom. The van der Waals surface area contributed by atoms with Gasteiger partial charge in [0.25, 0.3) is 5.91 Å². The van der Waals surface area contributed by atoms with Gasteiger partial charge in [-0.15, -0.1) is 0 Å². The van der Waals surface area contributed by atoms with Gasteiger partial charge in [0.15, 0.2) is 0 Å². The van der Waals surface area contributed by atoms with Gasteiger partial charge in [-0.1, -0.05) is 66.2 Å². The first-order valence-electron chi connectivity index (χ1n) is 13.5. The van der Waals surface area contributed by atoms with Crippen LogP contribution >= 0.6 is 0 Å². The Hall–Kier alpha value is -4.46. The molecule has 0 saturated heterocycles. The van der Waals surface area contributed by atoms with Crippen molar-refractivity contribution in [1.82, 2.24) is 20.4 Å². The summed E-state index contributed by atoms with van der Waals surface area (Å²) in [6.07, 6.45) is 0.310. The normalized spacial score (nSPS) is 17.6. The summed E-state index contributed by atoms with van der Waals surface area (Å²) >= 11 is 0. The summed E-state index contributed by atoms with van der Waals surface area (Å²) in [5.41, 5.74) is 5.72. The highest BCUT2D eigenvalue weighted by Gasteiger charge is 2.47. The second-order valence-electron chi connectivity index (χ2n) is 10.3. The lowest BCUT2D eigenvalue weighted by molar-refractivity contribution is -0.136. The minimum atomic E-state index is -0.811. The number of hydrogen-bond donors (Lipinski definition) is 2. The number of rotatable bonds is 8. The third-order valence-electron chi connectivity index (χ3n) is 7.63. The molecule has 0 unspecified atom stereocenters. The molecule has 2 atom stereocenters. The van der Waals surface area contributed by atoms with Gasteiger partial charge in [0.1, 0.15) is 11.9 Å². The summed E-state index contributed by atoms with van der Waals surface area (Å²) in [5.74, 6) is -0.929. The van der Waals surface area contributed by atoms with Gasteiger partial charge in [-0.25, -0.2) is 9.18 Å². The van der Waals surface area contributed by atoms with Crippen LogP contribution in [0.1, 0.15) is 40.8 Å². The van der Waals surface area contributed by atoms with E-state index in [1.807, 2.05) is 69.3 Å².